The molecule has 2 nitrogen and oxygen atoms in total. The molecule has 1 N–H and O–H groups in total. The van der Waals surface area contributed by atoms with Gasteiger partial charge in [0.15, 0.2) is 0 Å². The van der Waals surface area contributed by atoms with Gasteiger partial charge in [-0.15, -0.1) is 0 Å². The Hall–Kier alpha value is -0.370. The molecule has 0 saturated heterocycles. The molecule has 1 heterocycles. The first-order valence-corrected chi connectivity index (χ1v) is 4.26. The van der Waals surface area contributed by atoms with Gasteiger partial charge in [0, 0.05) is 5.71 Å². The van der Waals surface area contributed by atoms with Crippen molar-refractivity contribution >= 4 is 5.71 Å². The molecule has 0 spiro atoms. The zero-order valence-electron chi connectivity index (χ0n) is 8.15. The summed E-state index contributed by atoms with van der Waals surface area (Å²) in [5.41, 5.74) is 1.31. The van der Waals surface area contributed by atoms with Crippen molar-refractivity contribution in [3.05, 3.63) is 0 Å². The molecule has 0 bridgehead atoms. The van der Waals surface area contributed by atoms with Crippen LogP contribution in [-0.4, -0.2) is 16.9 Å². The zero-order valence-corrected chi connectivity index (χ0v) is 8.15. The quantitative estimate of drug-likeness (QED) is 0.613. The highest BCUT2D eigenvalue weighted by Gasteiger charge is 2.37. The third kappa shape index (κ3) is 1.62. The number of nitrogens with zero attached hydrogens (tertiary/aromatic N) is 1. The standard InChI is InChI=1S/C9H18N2/c1-6-7-8(2,3)11-9(4,5)10-7/h11H,6H2,1-5H3. The van der Waals surface area contributed by atoms with Crippen LogP contribution in [0.15, 0.2) is 4.99 Å². The number of aliphatic imine (C=N–C) groups is 1. The van der Waals surface area contributed by atoms with Crippen molar-refractivity contribution in [3.8, 4) is 0 Å². The first kappa shape index (κ1) is 8.72. The average molecular weight is 154 g/mol. The van der Waals surface area contributed by atoms with Crippen molar-refractivity contribution in [3.63, 3.8) is 0 Å². The van der Waals surface area contributed by atoms with Gasteiger partial charge in [0.1, 0.15) is 5.66 Å². The van der Waals surface area contributed by atoms with E-state index in [0.29, 0.717) is 0 Å². The molecule has 0 aromatic rings. The van der Waals surface area contributed by atoms with Crippen LogP contribution in [0.5, 0.6) is 0 Å². The molecule has 0 fully saturated rings. The first-order valence-electron chi connectivity index (χ1n) is 4.26. The fraction of sp³-hybridized carbons (Fsp3) is 0.889. The predicted octanol–water partition coefficient (Wildman–Crippen LogP) is 1.96. The minimum atomic E-state index is -0.0607. The maximum absolute atomic E-state index is 4.60. The van der Waals surface area contributed by atoms with Crippen molar-refractivity contribution < 1.29 is 0 Å². The van der Waals surface area contributed by atoms with E-state index in [1.54, 1.807) is 0 Å². The van der Waals surface area contributed by atoms with Gasteiger partial charge in [-0.05, 0) is 34.1 Å². The van der Waals surface area contributed by atoms with Gasteiger partial charge in [0.2, 0.25) is 0 Å². The lowest BCUT2D eigenvalue weighted by Gasteiger charge is -2.25. The average Bonchev–Trinajstić information content (AvgIpc) is 1.99. The number of hydrogen-bond donors (Lipinski definition) is 1. The van der Waals surface area contributed by atoms with Gasteiger partial charge in [-0.2, -0.15) is 0 Å². The van der Waals surface area contributed by atoms with Crippen LogP contribution in [-0.2, 0) is 0 Å². The molecule has 1 aliphatic rings. The minimum Gasteiger partial charge on any atom is -0.283 e. The largest absolute Gasteiger partial charge is 0.283 e. The zero-order chi connectivity index (χ0) is 8.70. The first-order chi connectivity index (χ1) is 4.87. The van der Waals surface area contributed by atoms with Crippen LogP contribution < -0.4 is 5.32 Å². The van der Waals surface area contributed by atoms with E-state index >= 15 is 0 Å². The minimum absolute atomic E-state index is 0.0607. The van der Waals surface area contributed by atoms with E-state index < -0.39 is 0 Å². The lowest BCUT2D eigenvalue weighted by Crippen LogP contribution is -2.47. The van der Waals surface area contributed by atoms with E-state index in [9.17, 15) is 0 Å². The Morgan fingerprint density at radius 2 is 1.82 bits per heavy atom. The molecule has 0 radical (unpaired) electrons. The fourth-order valence-corrected chi connectivity index (χ4v) is 1.86. The van der Waals surface area contributed by atoms with Gasteiger partial charge in [-0.25, -0.2) is 0 Å². The molecule has 0 unspecified atom stereocenters. The topological polar surface area (TPSA) is 24.4 Å². The van der Waals surface area contributed by atoms with Crippen LogP contribution in [0.4, 0.5) is 0 Å². The summed E-state index contributed by atoms with van der Waals surface area (Å²) >= 11 is 0. The summed E-state index contributed by atoms with van der Waals surface area (Å²) in [6, 6.07) is 0. The van der Waals surface area contributed by atoms with Crippen LogP contribution in [0.2, 0.25) is 0 Å². The highest BCUT2D eigenvalue weighted by Crippen LogP contribution is 2.24. The Labute approximate surface area is 69.1 Å². The molecule has 0 saturated carbocycles. The Bertz CT molecular complexity index is 190. The molecule has 1 aliphatic heterocycles. The summed E-state index contributed by atoms with van der Waals surface area (Å²) in [6.07, 6.45) is 1.05. The molecule has 1 rings (SSSR count). The molecule has 11 heavy (non-hydrogen) atoms. The molecule has 0 amide bonds. The fourth-order valence-electron chi connectivity index (χ4n) is 1.86. The van der Waals surface area contributed by atoms with E-state index in [-0.39, 0.29) is 11.2 Å². The van der Waals surface area contributed by atoms with E-state index in [0.717, 1.165) is 6.42 Å². The van der Waals surface area contributed by atoms with Gasteiger partial charge < -0.3 is 0 Å². The van der Waals surface area contributed by atoms with Gasteiger partial charge in [-0.3, -0.25) is 10.3 Å². The summed E-state index contributed by atoms with van der Waals surface area (Å²) in [5.74, 6) is 0. The highest BCUT2D eigenvalue weighted by molar-refractivity contribution is 5.94. The smallest absolute Gasteiger partial charge is 0.105 e. The SMILES string of the molecule is CCC1=NC(C)(C)NC1(C)C. The maximum atomic E-state index is 4.60. The maximum Gasteiger partial charge on any atom is 0.105 e. The molecule has 0 atom stereocenters. The van der Waals surface area contributed by atoms with Gasteiger partial charge in [0.05, 0.1) is 5.54 Å². The van der Waals surface area contributed by atoms with E-state index in [1.807, 2.05) is 0 Å². The number of nitrogens with one attached hydrogen (secondary N) is 1. The van der Waals surface area contributed by atoms with Gasteiger partial charge in [0.25, 0.3) is 0 Å². The van der Waals surface area contributed by atoms with Crippen molar-refractivity contribution in [1.29, 1.82) is 0 Å². The summed E-state index contributed by atoms with van der Waals surface area (Å²) in [7, 11) is 0. The predicted molar refractivity (Wildman–Crippen MR) is 49.0 cm³/mol. The summed E-state index contributed by atoms with van der Waals surface area (Å²) in [4.78, 5) is 4.60. The number of hydrogen-bond acceptors (Lipinski definition) is 2. The van der Waals surface area contributed by atoms with Crippen LogP contribution in [0, 0.1) is 0 Å². The van der Waals surface area contributed by atoms with Crippen LogP contribution in [0.3, 0.4) is 0 Å². The van der Waals surface area contributed by atoms with Crippen LogP contribution in [0.1, 0.15) is 41.0 Å². The third-order valence-electron chi connectivity index (χ3n) is 2.09. The van der Waals surface area contributed by atoms with Gasteiger partial charge in [-0.1, -0.05) is 6.92 Å². The number of rotatable bonds is 1. The molecular formula is C9H18N2. The van der Waals surface area contributed by atoms with Crippen LogP contribution >= 0.6 is 0 Å². The molecule has 0 aromatic carbocycles. The lowest BCUT2D eigenvalue weighted by atomic mass is 9.97. The van der Waals surface area contributed by atoms with Crippen LogP contribution in [0.25, 0.3) is 0 Å². The Kier molecular flexibility index (Phi) is 1.83. The van der Waals surface area contributed by atoms with Crippen molar-refractivity contribution in [1.82, 2.24) is 5.32 Å². The summed E-state index contributed by atoms with van der Waals surface area (Å²) < 4.78 is 0. The second-order valence-electron chi connectivity index (χ2n) is 4.22. The third-order valence-corrected chi connectivity index (χ3v) is 2.09. The Balaban J connectivity index is 2.89. The van der Waals surface area contributed by atoms with E-state index in [4.69, 9.17) is 0 Å². The van der Waals surface area contributed by atoms with Crippen molar-refractivity contribution in [2.45, 2.75) is 52.2 Å². The van der Waals surface area contributed by atoms with Crippen molar-refractivity contribution in [2.75, 3.05) is 0 Å². The molecular weight excluding hydrogens is 136 g/mol. The molecule has 64 valence electrons. The monoisotopic (exact) mass is 154 g/mol. The molecule has 0 aromatic heterocycles. The second-order valence-corrected chi connectivity index (χ2v) is 4.22. The Morgan fingerprint density at radius 1 is 1.27 bits per heavy atom. The molecule has 2 heteroatoms. The summed E-state index contributed by atoms with van der Waals surface area (Å²) in [6.45, 7) is 10.7. The van der Waals surface area contributed by atoms with Crippen molar-refractivity contribution in [2.24, 2.45) is 4.99 Å². The van der Waals surface area contributed by atoms with E-state index in [1.165, 1.54) is 5.71 Å². The normalized spacial score (nSPS) is 26.8. The van der Waals surface area contributed by atoms with Gasteiger partial charge >= 0.3 is 0 Å². The van der Waals surface area contributed by atoms with E-state index in [2.05, 4.69) is 44.9 Å². The molecule has 0 aliphatic carbocycles. The lowest BCUT2D eigenvalue weighted by molar-refractivity contribution is 0.370. The Morgan fingerprint density at radius 3 is 2.00 bits per heavy atom. The summed E-state index contributed by atoms with van der Waals surface area (Å²) in [5, 5.41) is 3.47. The highest BCUT2D eigenvalue weighted by atomic mass is 15.2. The second kappa shape index (κ2) is 2.31.